The minimum absolute atomic E-state index is 0.512. The van der Waals surface area contributed by atoms with Crippen molar-refractivity contribution in [1.29, 1.82) is 0 Å². The summed E-state index contributed by atoms with van der Waals surface area (Å²) in [7, 11) is 0. The van der Waals surface area contributed by atoms with E-state index in [4.69, 9.17) is 0 Å². The van der Waals surface area contributed by atoms with Gasteiger partial charge in [-0.15, -0.1) is 0 Å². The van der Waals surface area contributed by atoms with Gasteiger partial charge in [0.05, 0.1) is 6.04 Å². The van der Waals surface area contributed by atoms with Gasteiger partial charge in [0.1, 0.15) is 5.56 Å². The van der Waals surface area contributed by atoms with E-state index in [-0.39, 0.29) is 0 Å². The zero-order chi connectivity index (χ0) is 17.4. The number of carbonyl (C=O) groups excluding carboxylic acids is 1. The molecule has 2 aromatic rings. The fourth-order valence-corrected chi connectivity index (χ4v) is 2.94. The third kappa shape index (κ3) is 2.64. The van der Waals surface area contributed by atoms with Gasteiger partial charge in [0.15, 0.2) is 23.3 Å². The first-order valence-corrected chi connectivity index (χ1v) is 7.32. The van der Waals surface area contributed by atoms with Crippen LogP contribution in [0.1, 0.15) is 40.4 Å². The molecule has 3 rings (SSSR count). The maximum atomic E-state index is 13.7. The third-order valence-corrected chi connectivity index (χ3v) is 4.11. The van der Waals surface area contributed by atoms with Crippen molar-refractivity contribution in [2.45, 2.75) is 25.3 Å². The smallest absolute Gasteiger partial charge is 0.257 e. The zero-order valence-corrected chi connectivity index (χ0v) is 12.3. The van der Waals surface area contributed by atoms with E-state index < -0.39 is 46.6 Å². The van der Waals surface area contributed by atoms with Crippen LogP contribution in [0.3, 0.4) is 0 Å². The number of aryl methyl sites for hydroxylation is 1. The fraction of sp³-hybridized carbons (Fsp3) is 0.235. The van der Waals surface area contributed by atoms with Gasteiger partial charge in [0, 0.05) is 0 Å². The van der Waals surface area contributed by atoms with Crippen molar-refractivity contribution in [3.63, 3.8) is 0 Å². The largest absolute Gasteiger partial charge is 0.345 e. The van der Waals surface area contributed by atoms with Crippen LogP contribution in [0.15, 0.2) is 24.3 Å². The van der Waals surface area contributed by atoms with Gasteiger partial charge in [-0.25, -0.2) is 22.0 Å². The second-order valence-electron chi connectivity index (χ2n) is 5.56. The molecule has 0 spiro atoms. The number of carbonyl (C=O) groups is 1. The molecule has 0 saturated heterocycles. The van der Waals surface area contributed by atoms with E-state index in [1.165, 1.54) is 0 Å². The first-order valence-electron chi connectivity index (χ1n) is 7.32. The van der Waals surface area contributed by atoms with Crippen LogP contribution in [0.4, 0.5) is 22.0 Å². The Morgan fingerprint density at radius 1 is 0.917 bits per heavy atom. The molecular weight excluding hydrogens is 329 g/mol. The van der Waals surface area contributed by atoms with Gasteiger partial charge in [-0.3, -0.25) is 4.79 Å². The number of rotatable bonds is 2. The molecule has 0 heterocycles. The number of amides is 1. The summed E-state index contributed by atoms with van der Waals surface area (Å²) in [6.07, 6.45) is 2.04. The highest BCUT2D eigenvalue weighted by atomic mass is 19.2. The topological polar surface area (TPSA) is 29.1 Å². The number of nitrogens with one attached hydrogen (secondary N) is 1. The predicted molar refractivity (Wildman–Crippen MR) is 75.8 cm³/mol. The Labute approximate surface area is 134 Å². The summed E-state index contributed by atoms with van der Waals surface area (Å²) in [5.41, 5.74) is 0.293. The SMILES string of the molecule is O=C(N[C@H]1CCCc2ccccc21)c1c(F)c(F)c(F)c(F)c1F. The molecule has 0 saturated carbocycles. The second kappa shape index (κ2) is 6.22. The Morgan fingerprint density at radius 3 is 2.17 bits per heavy atom. The lowest BCUT2D eigenvalue weighted by atomic mass is 9.87. The van der Waals surface area contributed by atoms with Crippen molar-refractivity contribution in [2.75, 3.05) is 0 Å². The quantitative estimate of drug-likeness (QED) is 0.495. The van der Waals surface area contributed by atoms with Crippen molar-refractivity contribution in [2.24, 2.45) is 0 Å². The van der Waals surface area contributed by atoms with E-state index in [1.54, 1.807) is 12.1 Å². The van der Waals surface area contributed by atoms with Crippen molar-refractivity contribution in [1.82, 2.24) is 5.32 Å². The Bertz CT molecular complexity index is 792. The molecule has 2 aromatic carbocycles. The molecule has 1 aliphatic carbocycles. The maximum absolute atomic E-state index is 13.7. The van der Waals surface area contributed by atoms with E-state index in [0.29, 0.717) is 6.42 Å². The molecule has 0 aromatic heterocycles. The first kappa shape index (κ1) is 16.4. The normalized spacial score (nSPS) is 16.6. The third-order valence-electron chi connectivity index (χ3n) is 4.11. The Hall–Kier alpha value is -2.44. The maximum Gasteiger partial charge on any atom is 0.257 e. The minimum atomic E-state index is -2.29. The van der Waals surface area contributed by atoms with Crippen molar-refractivity contribution >= 4 is 5.91 Å². The molecule has 0 radical (unpaired) electrons. The standard InChI is InChI=1S/C17H12F5NO/c18-12-11(13(19)15(21)16(22)14(12)20)17(24)23-10-7-3-5-8-4-1-2-6-9(8)10/h1-2,4,6,10H,3,5,7H2,(H,23,24)/t10-/m0/s1. The fourth-order valence-electron chi connectivity index (χ4n) is 2.94. The van der Waals surface area contributed by atoms with Gasteiger partial charge in [0.2, 0.25) is 5.82 Å². The van der Waals surface area contributed by atoms with Gasteiger partial charge in [-0.1, -0.05) is 24.3 Å². The molecule has 7 heteroatoms. The van der Waals surface area contributed by atoms with Gasteiger partial charge < -0.3 is 5.32 Å². The van der Waals surface area contributed by atoms with E-state index >= 15 is 0 Å². The molecule has 1 amide bonds. The number of halogens is 5. The van der Waals surface area contributed by atoms with Crippen LogP contribution >= 0.6 is 0 Å². The van der Waals surface area contributed by atoms with Crippen molar-refractivity contribution in [3.8, 4) is 0 Å². The lowest BCUT2D eigenvalue weighted by Gasteiger charge is -2.26. The molecule has 0 fully saturated rings. The van der Waals surface area contributed by atoms with Crippen molar-refractivity contribution in [3.05, 3.63) is 70.0 Å². The number of hydrogen-bond donors (Lipinski definition) is 1. The van der Waals surface area contributed by atoms with E-state index in [2.05, 4.69) is 5.32 Å². The summed E-state index contributed by atoms with van der Waals surface area (Å²) < 4.78 is 67.0. The molecule has 0 unspecified atom stereocenters. The molecule has 2 nitrogen and oxygen atoms in total. The van der Waals surface area contributed by atoms with Crippen molar-refractivity contribution < 1.29 is 26.7 Å². The number of benzene rings is 2. The predicted octanol–water partition coefficient (Wildman–Crippen LogP) is 4.19. The van der Waals surface area contributed by atoms with Crippen LogP contribution in [0.25, 0.3) is 0 Å². The van der Waals surface area contributed by atoms with Gasteiger partial charge in [0.25, 0.3) is 5.91 Å². The Kier molecular flexibility index (Phi) is 4.26. The number of fused-ring (bicyclic) bond motifs is 1. The van der Waals surface area contributed by atoms with Crippen LogP contribution in [0.2, 0.25) is 0 Å². The zero-order valence-electron chi connectivity index (χ0n) is 12.3. The average molecular weight is 341 g/mol. The lowest BCUT2D eigenvalue weighted by Crippen LogP contribution is -2.32. The summed E-state index contributed by atoms with van der Waals surface area (Å²) in [6.45, 7) is 0. The Morgan fingerprint density at radius 2 is 1.50 bits per heavy atom. The average Bonchev–Trinajstić information content (AvgIpc) is 2.59. The molecular formula is C17H12F5NO. The van der Waals surface area contributed by atoms with E-state index in [9.17, 15) is 26.7 Å². The second-order valence-corrected chi connectivity index (χ2v) is 5.56. The van der Waals surface area contributed by atoms with E-state index in [0.717, 1.165) is 24.0 Å². The molecule has 24 heavy (non-hydrogen) atoms. The molecule has 1 atom stereocenters. The van der Waals surface area contributed by atoms with Gasteiger partial charge in [-0.2, -0.15) is 0 Å². The summed E-state index contributed by atoms with van der Waals surface area (Å²) in [4.78, 5) is 12.1. The molecule has 0 aliphatic heterocycles. The summed E-state index contributed by atoms with van der Waals surface area (Å²) >= 11 is 0. The molecule has 1 N–H and O–H groups in total. The summed E-state index contributed by atoms with van der Waals surface area (Å²) in [5.74, 6) is -12.2. The van der Waals surface area contributed by atoms with Gasteiger partial charge >= 0.3 is 0 Å². The number of hydrogen-bond acceptors (Lipinski definition) is 1. The summed E-state index contributed by atoms with van der Waals surface area (Å²) in [5, 5.41) is 2.37. The van der Waals surface area contributed by atoms with Gasteiger partial charge in [-0.05, 0) is 30.4 Å². The van der Waals surface area contributed by atoms with Crippen LogP contribution in [-0.4, -0.2) is 5.91 Å². The van der Waals surface area contributed by atoms with Crippen LogP contribution in [-0.2, 0) is 6.42 Å². The van der Waals surface area contributed by atoms with Crippen LogP contribution < -0.4 is 5.32 Å². The first-order chi connectivity index (χ1) is 11.4. The van der Waals surface area contributed by atoms with Crippen LogP contribution in [0.5, 0.6) is 0 Å². The van der Waals surface area contributed by atoms with Crippen LogP contribution in [0, 0.1) is 29.1 Å². The molecule has 126 valence electrons. The Balaban J connectivity index is 1.95. The minimum Gasteiger partial charge on any atom is -0.345 e. The highest BCUT2D eigenvalue weighted by Gasteiger charge is 2.31. The molecule has 1 aliphatic rings. The monoisotopic (exact) mass is 341 g/mol. The lowest BCUT2D eigenvalue weighted by molar-refractivity contribution is 0.0921. The van der Waals surface area contributed by atoms with E-state index in [1.807, 2.05) is 12.1 Å². The highest BCUT2D eigenvalue weighted by molar-refractivity contribution is 5.95. The summed E-state index contributed by atoms with van der Waals surface area (Å²) in [6, 6.07) is 6.66. The molecule has 0 bridgehead atoms. The highest BCUT2D eigenvalue weighted by Crippen LogP contribution is 2.30.